The molecule has 1 saturated heterocycles. The summed E-state index contributed by atoms with van der Waals surface area (Å²) in [4.78, 5) is 18.5. The first-order chi connectivity index (χ1) is 10.1. The van der Waals surface area contributed by atoms with Gasteiger partial charge in [-0.1, -0.05) is 0 Å². The molecule has 1 aliphatic rings. The third-order valence-corrected chi connectivity index (χ3v) is 4.69. The average Bonchev–Trinajstić information content (AvgIpc) is 2.90. The van der Waals surface area contributed by atoms with Gasteiger partial charge in [0.2, 0.25) is 0 Å². The maximum atomic E-state index is 11.7. The van der Waals surface area contributed by atoms with Crippen LogP contribution in [-0.2, 0) is 18.3 Å². The minimum Gasteiger partial charge on any atom is -0.368 e. The van der Waals surface area contributed by atoms with Crippen molar-refractivity contribution in [2.24, 2.45) is 7.05 Å². The number of hydrogen-bond donors (Lipinski definition) is 0. The molecule has 0 aromatic carbocycles. The summed E-state index contributed by atoms with van der Waals surface area (Å²) in [6.45, 7) is 5.19. The van der Waals surface area contributed by atoms with Crippen molar-refractivity contribution in [3.8, 4) is 0 Å². The van der Waals surface area contributed by atoms with E-state index in [9.17, 15) is 4.79 Å². The molecule has 0 aliphatic carbocycles. The van der Waals surface area contributed by atoms with E-state index < -0.39 is 0 Å². The van der Waals surface area contributed by atoms with Crippen molar-refractivity contribution in [2.45, 2.75) is 19.6 Å². The van der Waals surface area contributed by atoms with Crippen LogP contribution in [0.15, 0.2) is 28.5 Å². The van der Waals surface area contributed by atoms with Gasteiger partial charge in [0, 0.05) is 50.0 Å². The second-order valence-corrected chi connectivity index (χ2v) is 6.30. The van der Waals surface area contributed by atoms with E-state index >= 15 is 0 Å². The van der Waals surface area contributed by atoms with Crippen molar-refractivity contribution in [1.82, 2.24) is 14.5 Å². The summed E-state index contributed by atoms with van der Waals surface area (Å²) in [7, 11) is 1.77. The fourth-order valence-electron chi connectivity index (χ4n) is 2.46. The molecule has 5 nitrogen and oxygen atoms in total. The molecular formula is C15H19N3O2S. The number of rotatable bonds is 3. The fourth-order valence-corrected chi connectivity index (χ4v) is 3.30. The maximum Gasteiger partial charge on any atom is 0.250 e. The molecule has 0 radical (unpaired) electrons. The Labute approximate surface area is 127 Å². The van der Waals surface area contributed by atoms with Gasteiger partial charge in [-0.05, 0) is 18.6 Å². The second kappa shape index (κ2) is 6.09. The number of ether oxygens (including phenoxy) is 1. The van der Waals surface area contributed by atoms with Gasteiger partial charge in [-0.3, -0.25) is 9.69 Å². The first kappa shape index (κ1) is 14.4. The Hall–Kier alpha value is -1.50. The molecule has 0 amide bonds. The highest BCUT2D eigenvalue weighted by atomic mass is 32.1. The summed E-state index contributed by atoms with van der Waals surface area (Å²) < 4.78 is 7.42. The van der Waals surface area contributed by atoms with Gasteiger partial charge in [-0.2, -0.15) is 0 Å². The molecule has 0 spiro atoms. The second-order valence-electron chi connectivity index (χ2n) is 5.41. The zero-order chi connectivity index (χ0) is 14.8. The number of thiazole rings is 1. The quantitative estimate of drug-likeness (QED) is 0.866. The number of aromatic nitrogens is 2. The van der Waals surface area contributed by atoms with E-state index in [1.807, 2.05) is 19.2 Å². The van der Waals surface area contributed by atoms with E-state index in [0.717, 1.165) is 35.9 Å². The van der Waals surface area contributed by atoms with Crippen LogP contribution in [0.2, 0.25) is 0 Å². The molecule has 6 heteroatoms. The molecule has 1 atom stereocenters. The first-order valence-corrected chi connectivity index (χ1v) is 7.91. The van der Waals surface area contributed by atoms with E-state index in [1.54, 1.807) is 29.0 Å². The van der Waals surface area contributed by atoms with Crippen molar-refractivity contribution in [3.05, 3.63) is 50.3 Å². The lowest BCUT2D eigenvalue weighted by molar-refractivity contribution is -0.0330. The number of aryl methyl sites for hydroxylation is 2. The summed E-state index contributed by atoms with van der Waals surface area (Å²) in [6, 6.07) is 3.71. The summed E-state index contributed by atoms with van der Waals surface area (Å²) in [5, 5.41) is 3.10. The van der Waals surface area contributed by atoms with Gasteiger partial charge in [0.1, 0.15) is 11.1 Å². The monoisotopic (exact) mass is 305 g/mol. The molecule has 3 heterocycles. The van der Waals surface area contributed by atoms with E-state index in [2.05, 4.69) is 15.3 Å². The minimum absolute atomic E-state index is 0.0351. The van der Waals surface area contributed by atoms with Gasteiger partial charge in [0.15, 0.2) is 0 Å². The summed E-state index contributed by atoms with van der Waals surface area (Å²) in [5.41, 5.74) is 2.13. The van der Waals surface area contributed by atoms with Crippen LogP contribution >= 0.6 is 11.3 Å². The molecule has 1 aliphatic heterocycles. The molecule has 21 heavy (non-hydrogen) atoms. The van der Waals surface area contributed by atoms with Crippen LogP contribution in [0.25, 0.3) is 0 Å². The largest absolute Gasteiger partial charge is 0.368 e. The standard InChI is InChI=1S/C15H19N3O2S/c1-11-10-21-15(16-11)13-9-18(5-6-20-13)8-12-3-4-17(2)14(19)7-12/h3-4,7,10,13H,5-6,8-9H2,1-2H3. The van der Waals surface area contributed by atoms with Gasteiger partial charge in [-0.15, -0.1) is 11.3 Å². The van der Waals surface area contributed by atoms with Gasteiger partial charge in [0.05, 0.1) is 6.61 Å². The lowest BCUT2D eigenvalue weighted by Gasteiger charge is -2.31. The number of pyridine rings is 1. The van der Waals surface area contributed by atoms with Crippen molar-refractivity contribution in [2.75, 3.05) is 19.7 Å². The van der Waals surface area contributed by atoms with Crippen molar-refractivity contribution in [1.29, 1.82) is 0 Å². The molecule has 112 valence electrons. The Morgan fingerprint density at radius 1 is 1.52 bits per heavy atom. The van der Waals surface area contributed by atoms with Gasteiger partial charge in [-0.25, -0.2) is 4.98 Å². The smallest absolute Gasteiger partial charge is 0.250 e. The van der Waals surface area contributed by atoms with Crippen molar-refractivity contribution < 1.29 is 4.74 Å². The van der Waals surface area contributed by atoms with Crippen molar-refractivity contribution in [3.63, 3.8) is 0 Å². The highest BCUT2D eigenvalue weighted by molar-refractivity contribution is 7.09. The molecule has 0 N–H and O–H groups in total. The first-order valence-electron chi connectivity index (χ1n) is 7.03. The molecular weight excluding hydrogens is 286 g/mol. The van der Waals surface area contributed by atoms with Gasteiger partial charge < -0.3 is 9.30 Å². The third kappa shape index (κ3) is 3.40. The molecule has 2 aromatic heterocycles. The van der Waals surface area contributed by atoms with Crippen LogP contribution in [0.4, 0.5) is 0 Å². The summed E-state index contributed by atoms with van der Waals surface area (Å²) in [5.74, 6) is 0. The van der Waals surface area contributed by atoms with E-state index in [0.29, 0.717) is 6.61 Å². The molecule has 1 fully saturated rings. The molecule has 1 unspecified atom stereocenters. The highest BCUT2D eigenvalue weighted by Gasteiger charge is 2.24. The number of nitrogens with zero attached hydrogens (tertiary/aromatic N) is 3. The zero-order valence-electron chi connectivity index (χ0n) is 12.3. The number of hydrogen-bond acceptors (Lipinski definition) is 5. The van der Waals surface area contributed by atoms with E-state index in [1.165, 1.54) is 0 Å². The van der Waals surface area contributed by atoms with Crippen LogP contribution in [-0.4, -0.2) is 34.1 Å². The molecule has 3 rings (SSSR count). The predicted molar refractivity (Wildman–Crippen MR) is 82.5 cm³/mol. The Kier molecular flexibility index (Phi) is 4.19. The molecule has 0 saturated carbocycles. The van der Waals surface area contributed by atoms with Crippen LogP contribution in [0.5, 0.6) is 0 Å². The van der Waals surface area contributed by atoms with Crippen LogP contribution < -0.4 is 5.56 Å². The summed E-state index contributed by atoms with van der Waals surface area (Å²) in [6.07, 6.45) is 1.86. The lowest BCUT2D eigenvalue weighted by Crippen LogP contribution is -2.38. The van der Waals surface area contributed by atoms with Crippen LogP contribution in [0, 0.1) is 6.92 Å². The zero-order valence-corrected chi connectivity index (χ0v) is 13.1. The van der Waals surface area contributed by atoms with E-state index in [-0.39, 0.29) is 11.7 Å². The highest BCUT2D eigenvalue weighted by Crippen LogP contribution is 2.25. The van der Waals surface area contributed by atoms with Gasteiger partial charge in [0.25, 0.3) is 5.56 Å². The van der Waals surface area contributed by atoms with Gasteiger partial charge >= 0.3 is 0 Å². The topological polar surface area (TPSA) is 47.4 Å². The van der Waals surface area contributed by atoms with Crippen molar-refractivity contribution >= 4 is 11.3 Å². The molecule has 2 aromatic rings. The maximum absolute atomic E-state index is 11.7. The third-order valence-electron chi connectivity index (χ3n) is 3.64. The predicted octanol–water partition coefficient (Wildman–Crippen LogP) is 1.72. The average molecular weight is 305 g/mol. The lowest BCUT2D eigenvalue weighted by atomic mass is 10.2. The van der Waals surface area contributed by atoms with E-state index in [4.69, 9.17) is 4.74 Å². The minimum atomic E-state index is 0.0351. The fraction of sp³-hybridized carbons (Fsp3) is 0.467. The summed E-state index contributed by atoms with van der Waals surface area (Å²) >= 11 is 1.65. The Bertz CT molecular complexity index is 680. The van der Waals surface area contributed by atoms with Crippen LogP contribution in [0.3, 0.4) is 0 Å². The Balaban J connectivity index is 1.68. The Morgan fingerprint density at radius 3 is 3.10 bits per heavy atom. The van der Waals surface area contributed by atoms with Crippen LogP contribution in [0.1, 0.15) is 22.4 Å². The molecule has 0 bridgehead atoms. The Morgan fingerprint density at radius 2 is 2.38 bits per heavy atom. The normalized spacial score (nSPS) is 19.8. The number of morpholine rings is 1. The SMILES string of the molecule is Cc1csc(C2CN(Cc3ccn(C)c(=O)c3)CCO2)n1.